The van der Waals surface area contributed by atoms with Crippen LogP contribution in [0.5, 0.6) is 0 Å². The summed E-state index contributed by atoms with van der Waals surface area (Å²) in [5, 5.41) is 18.8. The van der Waals surface area contributed by atoms with Crippen molar-refractivity contribution < 1.29 is 34.1 Å². The average Bonchev–Trinajstić information content (AvgIpc) is 2.43. The lowest BCUT2D eigenvalue weighted by molar-refractivity contribution is -0.799. The van der Waals surface area contributed by atoms with Crippen LogP contribution in [0.4, 0.5) is 4.79 Å². The molecule has 0 bridgehead atoms. The maximum atomic E-state index is 11.5. The van der Waals surface area contributed by atoms with Crippen molar-refractivity contribution in [2.24, 2.45) is 11.8 Å². The summed E-state index contributed by atoms with van der Waals surface area (Å²) in [4.78, 5) is 41.1. The van der Waals surface area contributed by atoms with E-state index < -0.39 is 34.5 Å². The molecule has 0 saturated heterocycles. The van der Waals surface area contributed by atoms with E-state index in [2.05, 4.69) is 9.68 Å². The first-order chi connectivity index (χ1) is 11.0. The molecule has 0 aromatic rings. The monoisotopic (exact) mass is 352 g/mol. The second-order valence-corrected chi connectivity index (χ2v) is 5.76. The van der Waals surface area contributed by atoms with Crippen molar-refractivity contribution in [2.45, 2.75) is 59.4 Å². The zero-order valence-electron chi connectivity index (χ0n) is 14.4. The van der Waals surface area contributed by atoms with Crippen molar-refractivity contribution in [1.29, 1.82) is 0 Å². The van der Waals surface area contributed by atoms with E-state index in [1.165, 1.54) is 6.92 Å². The van der Waals surface area contributed by atoms with Crippen LogP contribution >= 0.6 is 0 Å². The molecule has 24 heavy (non-hydrogen) atoms. The summed E-state index contributed by atoms with van der Waals surface area (Å²) in [6, 6.07) is 0. The smallest absolute Gasteiger partial charge is 0.434 e. The Morgan fingerprint density at radius 2 is 1.50 bits per heavy atom. The SMILES string of the molecule is CC(C)C(C)OC(=O)OCCC(C)[C@@H](O[N+](=O)[O-])[C@@H](C)O[N+](=O)[O-]. The highest BCUT2D eigenvalue weighted by atomic mass is 17.0. The first kappa shape index (κ1) is 21.7. The zero-order chi connectivity index (χ0) is 18.9. The van der Waals surface area contributed by atoms with E-state index in [1.807, 2.05) is 13.8 Å². The van der Waals surface area contributed by atoms with Crippen LogP contribution in [-0.2, 0) is 19.1 Å². The second-order valence-electron chi connectivity index (χ2n) is 5.76. The average molecular weight is 352 g/mol. The Balaban J connectivity index is 4.45. The minimum atomic E-state index is -1.18. The van der Waals surface area contributed by atoms with Gasteiger partial charge < -0.3 is 19.1 Å². The quantitative estimate of drug-likeness (QED) is 0.311. The molecule has 0 heterocycles. The molecule has 0 rings (SSSR count). The molecule has 0 N–H and O–H groups in total. The zero-order valence-corrected chi connectivity index (χ0v) is 14.4. The maximum absolute atomic E-state index is 11.5. The second kappa shape index (κ2) is 10.4. The summed E-state index contributed by atoms with van der Waals surface area (Å²) in [6.07, 6.45) is -3.32. The first-order valence-electron chi connectivity index (χ1n) is 7.50. The predicted octanol–water partition coefficient (Wildman–Crippen LogP) is 2.38. The highest BCUT2D eigenvalue weighted by Gasteiger charge is 2.30. The van der Waals surface area contributed by atoms with E-state index >= 15 is 0 Å². The molecule has 140 valence electrons. The molecule has 0 aliphatic carbocycles. The molecule has 0 aromatic heterocycles. The van der Waals surface area contributed by atoms with Gasteiger partial charge >= 0.3 is 6.16 Å². The molecule has 0 spiro atoms. The van der Waals surface area contributed by atoms with Gasteiger partial charge in [-0.25, -0.2) is 4.79 Å². The van der Waals surface area contributed by atoms with Crippen LogP contribution in [0.3, 0.4) is 0 Å². The van der Waals surface area contributed by atoms with E-state index in [4.69, 9.17) is 9.47 Å². The molecule has 0 aromatic carbocycles. The lowest BCUT2D eigenvalue weighted by atomic mass is 9.97. The fraction of sp³-hybridized carbons (Fsp3) is 0.923. The predicted molar refractivity (Wildman–Crippen MR) is 79.9 cm³/mol. The maximum Gasteiger partial charge on any atom is 0.508 e. The Labute approximate surface area is 139 Å². The first-order valence-corrected chi connectivity index (χ1v) is 7.50. The van der Waals surface area contributed by atoms with Crippen LogP contribution in [0, 0.1) is 32.1 Å². The lowest BCUT2D eigenvalue weighted by Crippen LogP contribution is -2.38. The van der Waals surface area contributed by atoms with Crippen LogP contribution in [0.25, 0.3) is 0 Å². The van der Waals surface area contributed by atoms with Gasteiger partial charge in [0.05, 0.1) is 6.61 Å². The van der Waals surface area contributed by atoms with E-state index in [0.29, 0.717) is 0 Å². The van der Waals surface area contributed by atoms with Gasteiger partial charge in [0.1, 0.15) is 18.3 Å². The standard InChI is InChI=1S/C13H24N2O9/c1-8(2)10(4)22-13(16)21-7-6-9(3)12(24-15(19)20)11(5)23-14(17)18/h8-12H,6-7H2,1-5H3/t9?,10?,11-,12-/m1/s1. The van der Waals surface area contributed by atoms with Gasteiger partial charge in [-0.15, -0.1) is 20.2 Å². The third-order valence-electron chi connectivity index (χ3n) is 3.50. The van der Waals surface area contributed by atoms with E-state index in [9.17, 15) is 25.0 Å². The van der Waals surface area contributed by atoms with Crippen molar-refractivity contribution in [2.75, 3.05) is 6.61 Å². The van der Waals surface area contributed by atoms with Gasteiger partial charge in [0.25, 0.3) is 10.2 Å². The normalized spacial score (nSPS) is 15.8. The summed E-state index contributed by atoms with van der Waals surface area (Å²) < 4.78 is 9.89. The fourth-order valence-electron chi connectivity index (χ4n) is 1.76. The largest absolute Gasteiger partial charge is 0.508 e. The molecular weight excluding hydrogens is 328 g/mol. The molecule has 0 aliphatic heterocycles. The number of hydrogen-bond donors (Lipinski definition) is 0. The molecule has 0 amide bonds. The molecule has 11 heteroatoms. The summed E-state index contributed by atoms with van der Waals surface area (Å²) in [7, 11) is 0. The molecule has 0 fully saturated rings. The molecule has 4 atom stereocenters. The van der Waals surface area contributed by atoms with Crippen LogP contribution in [0.2, 0.25) is 0 Å². The summed E-state index contributed by atoms with van der Waals surface area (Å²) in [5.41, 5.74) is 0. The summed E-state index contributed by atoms with van der Waals surface area (Å²) in [5.74, 6) is -0.407. The van der Waals surface area contributed by atoms with Crippen LogP contribution in [0.1, 0.15) is 41.0 Å². The highest BCUT2D eigenvalue weighted by Crippen LogP contribution is 2.18. The number of carbonyl (C=O) groups excluding carboxylic acids is 1. The van der Waals surface area contributed by atoms with Crippen LogP contribution in [0.15, 0.2) is 0 Å². The number of nitrogens with zero attached hydrogens (tertiary/aromatic N) is 2. The Morgan fingerprint density at radius 1 is 0.958 bits per heavy atom. The van der Waals surface area contributed by atoms with Gasteiger partial charge in [-0.1, -0.05) is 20.8 Å². The Morgan fingerprint density at radius 3 is 1.96 bits per heavy atom. The number of hydrogen-bond acceptors (Lipinski definition) is 9. The van der Waals surface area contributed by atoms with E-state index in [-0.39, 0.29) is 25.0 Å². The van der Waals surface area contributed by atoms with Crippen LogP contribution < -0.4 is 0 Å². The van der Waals surface area contributed by atoms with Gasteiger partial charge in [0, 0.05) is 0 Å². The van der Waals surface area contributed by atoms with Crippen molar-refractivity contribution >= 4 is 6.16 Å². The highest BCUT2D eigenvalue weighted by molar-refractivity contribution is 5.60. The van der Waals surface area contributed by atoms with Crippen LogP contribution in [-0.4, -0.2) is 41.2 Å². The molecule has 0 saturated carbocycles. The van der Waals surface area contributed by atoms with Gasteiger partial charge in [0.15, 0.2) is 0 Å². The third kappa shape index (κ3) is 8.96. The number of rotatable bonds is 11. The van der Waals surface area contributed by atoms with Crippen molar-refractivity contribution in [3.8, 4) is 0 Å². The fourth-order valence-corrected chi connectivity index (χ4v) is 1.76. The van der Waals surface area contributed by atoms with Gasteiger partial charge in [-0.05, 0) is 32.1 Å². The Kier molecular flexibility index (Phi) is 9.43. The van der Waals surface area contributed by atoms with Crippen molar-refractivity contribution in [3.05, 3.63) is 20.2 Å². The molecule has 0 aliphatic rings. The Hall–Kier alpha value is -2.33. The Bertz CT molecular complexity index is 430. The van der Waals surface area contributed by atoms with Gasteiger partial charge in [0.2, 0.25) is 0 Å². The number of carbonyl (C=O) groups is 1. The third-order valence-corrected chi connectivity index (χ3v) is 3.50. The molecule has 2 unspecified atom stereocenters. The van der Waals surface area contributed by atoms with E-state index in [1.54, 1.807) is 13.8 Å². The topological polar surface area (TPSA) is 140 Å². The molecule has 0 radical (unpaired) electrons. The number of ether oxygens (including phenoxy) is 2. The van der Waals surface area contributed by atoms with Crippen molar-refractivity contribution in [3.63, 3.8) is 0 Å². The minimum Gasteiger partial charge on any atom is -0.434 e. The van der Waals surface area contributed by atoms with Gasteiger partial charge in [-0.3, -0.25) is 0 Å². The summed E-state index contributed by atoms with van der Waals surface area (Å²) >= 11 is 0. The summed E-state index contributed by atoms with van der Waals surface area (Å²) in [6.45, 7) is 8.28. The van der Waals surface area contributed by atoms with Gasteiger partial charge in [-0.2, -0.15) is 0 Å². The minimum absolute atomic E-state index is 0.0758. The van der Waals surface area contributed by atoms with Crippen molar-refractivity contribution in [1.82, 2.24) is 0 Å². The molecular formula is C13H24N2O9. The van der Waals surface area contributed by atoms with E-state index in [0.717, 1.165) is 0 Å². The lowest BCUT2D eigenvalue weighted by Gasteiger charge is -2.26. The molecule has 11 nitrogen and oxygen atoms in total.